The van der Waals surface area contributed by atoms with Crippen LogP contribution in [0.2, 0.25) is 0 Å². The number of fused-ring (bicyclic) bond motifs is 1. The van der Waals surface area contributed by atoms with Crippen molar-refractivity contribution in [2.45, 2.75) is 6.92 Å². The third-order valence-corrected chi connectivity index (χ3v) is 2.36. The molecule has 3 rings (SSSR count). The zero-order chi connectivity index (χ0) is 11.1. The number of nitrogens with zero attached hydrogens (tertiary/aromatic N) is 4. The quantitative estimate of drug-likeness (QED) is 0.741. The molecule has 0 amide bonds. The highest BCUT2D eigenvalue weighted by molar-refractivity contribution is 8.93. The van der Waals surface area contributed by atoms with Crippen LogP contribution in [0.15, 0.2) is 28.9 Å². The van der Waals surface area contributed by atoms with Gasteiger partial charge in [0, 0.05) is 6.07 Å². The molecule has 0 saturated heterocycles. The van der Waals surface area contributed by atoms with Gasteiger partial charge in [0.2, 0.25) is 5.95 Å². The maximum atomic E-state index is 5.67. The molecule has 0 bridgehead atoms. The lowest BCUT2D eigenvalue weighted by atomic mass is 10.3. The van der Waals surface area contributed by atoms with E-state index in [9.17, 15) is 0 Å². The first-order valence-electron chi connectivity index (χ1n) is 4.78. The first-order valence-corrected chi connectivity index (χ1v) is 4.78. The monoisotopic (exact) mass is 295 g/mol. The summed E-state index contributed by atoms with van der Waals surface area (Å²) in [5.41, 5.74) is 7.06. The van der Waals surface area contributed by atoms with Crippen LogP contribution in [0.4, 0.5) is 5.95 Å². The predicted octanol–water partition coefficient (Wildman–Crippen LogP) is 1.85. The average molecular weight is 296 g/mol. The molecule has 3 aromatic rings. The minimum atomic E-state index is 0. The first-order chi connectivity index (χ1) is 7.75. The van der Waals surface area contributed by atoms with Crippen molar-refractivity contribution in [3.63, 3.8) is 0 Å². The van der Waals surface area contributed by atoms with E-state index in [1.54, 1.807) is 16.7 Å². The van der Waals surface area contributed by atoms with Crippen LogP contribution in [-0.2, 0) is 0 Å². The van der Waals surface area contributed by atoms with Crippen LogP contribution in [-0.4, -0.2) is 19.6 Å². The van der Waals surface area contributed by atoms with Crippen LogP contribution >= 0.6 is 17.0 Å². The Bertz CT molecular complexity index is 646. The van der Waals surface area contributed by atoms with E-state index in [0.29, 0.717) is 17.4 Å². The van der Waals surface area contributed by atoms with Crippen molar-refractivity contribution < 1.29 is 4.42 Å². The van der Waals surface area contributed by atoms with Crippen molar-refractivity contribution in [3.05, 3.63) is 30.3 Å². The van der Waals surface area contributed by atoms with Gasteiger partial charge in [-0.1, -0.05) is 0 Å². The van der Waals surface area contributed by atoms with Crippen molar-refractivity contribution in [1.29, 1.82) is 0 Å². The van der Waals surface area contributed by atoms with Crippen LogP contribution < -0.4 is 5.73 Å². The lowest BCUT2D eigenvalue weighted by Gasteiger charge is -2.02. The van der Waals surface area contributed by atoms with E-state index >= 15 is 0 Å². The molecule has 0 atom stereocenters. The number of aromatic nitrogens is 4. The number of furan rings is 1. The van der Waals surface area contributed by atoms with Crippen molar-refractivity contribution in [2.75, 3.05) is 5.73 Å². The predicted molar refractivity (Wildman–Crippen MR) is 68.0 cm³/mol. The van der Waals surface area contributed by atoms with Crippen LogP contribution in [0, 0.1) is 6.92 Å². The molecule has 0 radical (unpaired) electrons. The minimum Gasteiger partial charge on any atom is -0.463 e. The number of nitrogens with two attached hydrogens (primary N) is 1. The molecule has 3 heterocycles. The Morgan fingerprint density at radius 3 is 2.88 bits per heavy atom. The molecule has 0 aliphatic heterocycles. The van der Waals surface area contributed by atoms with Crippen molar-refractivity contribution in [1.82, 2.24) is 19.6 Å². The van der Waals surface area contributed by atoms with E-state index in [1.165, 1.54) is 0 Å². The second-order valence-electron chi connectivity index (χ2n) is 3.42. The molecule has 0 aliphatic rings. The molecule has 0 aliphatic carbocycles. The first kappa shape index (κ1) is 11.6. The summed E-state index contributed by atoms with van der Waals surface area (Å²) < 4.78 is 6.97. The molecule has 6 nitrogen and oxygen atoms in total. The summed E-state index contributed by atoms with van der Waals surface area (Å²) in [7, 11) is 0. The maximum Gasteiger partial charge on any atom is 0.227 e. The SMILES string of the molecule is Br.Cc1nc(-c2ccco2)cc2nnc(N)n12. The lowest BCUT2D eigenvalue weighted by Crippen LogP contribution is -2.01. The number of hydrogen-bond donors (Lipinski definition) is 1. The summed E-state index contributed by atoms with van der Waals surface area (Å²) in [5, 5.41) is 7.76. The number of nitrogen functional groups attached to an aromatic ring is 1. The number of anilines is 1. The fraction of sp³-hybridized carbons (Fsp3) is 0.100. The van der Waals surface area contributed by atoms with Crippen LogP contribution in [0.5, 0.6) is 0 Å². The fourth-order valence-corrected chi connectivity index (χ4v) is 1.66. The van der Waals surface area contributed by atoms with E-state index in [2.05, 4.69) is 15.2 Å². The van der Waals surface area contributed by atoms with Gasteiger partial charge in [-0.15, -0.1) is 27.2 Å². The Morgan fingerprint density at radius 1 is 1.35 bits per heavy atom. The van der Waals surface area contributed by atoms with Crippen molar-refractivity contribution >= 4 is 28.6 Å². The smallest absolute Gasteiger partial charge is 0.227 e. The Hall–Kier alpha value is -1.89. The lowest BCUT2D eigenvalue weighted by molar-refractivity contribution is 0.579. The van der Waals surface area contributed by atoms with Gasteiger partial charge in [-0.3, -0.25) is 0 Å². The average Bonchev–Trinajstić information content (AvgIpc) is 2.87. The molecule has 0 aromatic carbocycles. The Balaban J connectivity index is 0.00000108. The van der Waals surface area contributed by atoms with Crippen molar-refractivity contribution in [3.8, 4) is 11.5 Å². The van der Waals surface area contributed by atoms with Gasteiger partial charge in [0.15, 0.2) is 11.4 Å². The second kappa shape index (κ2) is 4.17. The van der Waals surface area contributed by atoms with Gasteiger partial charge in [-0.05, 0) is 19.1 Å². The number of halogens is 1. The Labute approximate surface area is 107 Å². The summed E-state index contributed by atoms with van der Waals surface area (Å²) in [6.07, 6.45) is 1.61. The molecule has 0 fully saturated rings. The van der Waals surface area contributed by atoms with Gasteiger partial charge < -0.3 is 10.2 Å². The van der Waals surface area contributed by atoms with Crippen LogP contribution in [0.3, 0.4) is 0 Å². The topological polar surface area (TPSA) is 82.2 Å². The van der Waals surface area contributed by atoms with Gasteiger partial charge in [-0.25, -0.2) is 9.38 Å². The largest absolute Gasteiger partial charge is 0.463 e. The van der Waals surface area contributed by atoms with Gasteiger partial charge in [-0.2, -0.15) is 0 Å². The molecule has 0 spiro atoms. The number of rotatable bonds is 1. The van der Waals surface area contributed by atoms with Crippen molar-refractivity contribution in [2.24, 2.45) is 0 Å². The highest BCUT2D eigenvalue weighted by Gasteiger charge is 2.10. The Kier molecular flexibility index (Phi) is 2.84. The van der Waals surface area contributed by atoms with E-state index in [1.807, 2.05) is 19.1 Å². The normalized spacial score (nSPS) is 10.4. The van der Waals surface area contributed by atoms with Crippen LogP contribution in [0.25, 0.3) is 17.1 Å². The zero-order valence-electron chi connectivity index (χ0n) is 8.99. The number of aryl methyl sites for hydroxylation is 1. The second-order valence-corrected chi connectivity index (χ2v) is 3.42. The summed E-state index contributed by atoms with van der Waals surface area (Å²) in [5.74, 6) is 1.77. The molecule has 0 saturated carbocycles. The molecule has 2 N–H and O–H groups in total. The molecular weight excluding hydrogens is 286 g/mol. The van der Waals surface area contributed by atoms with Gasteiger partial charge >= 0.3 is 0 Å². The zero-order valence-corrected chi connectivity index (χ0v) is 10.7. The summed E-state index contributed by atoms with van der Waals surface area (Å²) in [4.78, 5) is 4.39. The van der Waals surface area contributed by atoms with E-state index in [-0.39, 0.29) is 17.0 Å². The third kappa shape index (κ3) is 1.78. The molecular formula is C10H10BrN5O. The number of hydrogen-bond acceptors (Lipinski definition) is 5. The van der Waals surface area contributed by atoms with Crippen LogP contribution in [0.1, 0.15) is 5.82 Å². The Morgan fingerprint density at radius 2 is 2.18 bits per heavy atom. The standard InChI is InChI=1S/C10H9N5O.BrH/c1-6-12-7(8-3-2-4-16-8)5-9-13-14-10(11)15(6)9;/h2-5H,1H3,(H2,11,14);1H. The minimum absolute atomic E-state index is 0. The summed E-state index contributed by atoms with van der Waals surface area (Å²) in [6.45, 7) is 1.85. The molecule has 17 heavy (non-hydrogen) atoms. The molecule has 7 heteroatoms. The molecule has 0 unspecified atom stereocenters. The maximum absolute atomic E-state index is 5.67. The highest BCUT2D eigenvalue weighted by atomic mass is 79.9. The summed E-state index contributed by atoms with van der Waals surface area (Å²) >= 11 is 0. The third-order valence-electron chi connectivity index (χ3n) is 2.36. The molecule has 88 valence electrons. The van der Waals surface area contributed by atoms with E-state index in [0.717, 1.165) is 11.5 Å². The fourth-order valence-electron chi connectivity index (χ4n) is 1.66. The van der Waals surface area contributed by atoms with E-state index in [4.69, 9.17) is 10.2 Å². The van der Waals surface area contributed by atoms with Gasteiger partial charge in [0.1, 0.15) is 11.5 Å². The van der Waals surface area contributed by atoms with E-state index < -0.39 is 0 Å². The highest BCUT2D eigenvalue weighted by Crippen LogP contribution is 2.20. The summed E-state index contributed by atoms with van der Waals surface area (Å²) in [6, 6.07) is 5.45. The van der Waals surface area contributed by atoms with Gasteiger partial charge in [0.25, 0.3) is 0 Å². The molecule has 3 aromatic heterocycles. The van der Waals surface area contributed by atoms with Gasteiger partial charge in [0.05, 0.1) is 6.26 Å².